The Morgan fingerprint density at radius 1 is 0.906 bits per heavy atom. The molecule has 0 radical (unpaired) electrons. The largest absolute Gasteiger partial charge is 0.490 e. The second kappa shape index (κ2) is 38.1. The number of nitrogens with one attached hydrogen (secondary N) is 7. The average Bonchev–Trinajstić information content (AvgIpc) is 3.23. The van der Waals surface area contributed by atoms with Gasteiger partial charge in [-0.1, -0.05) is 85.6 Å². The third-order valence-corrected chi connectivity index (χ3v) is 8.73. The van der Waals surface area contributed by atoms with Gasteiger partial charge in [0.25, 0.3) is 0 Å². The van der Waals surface area contributed by atoms with Gasteiger partial charge in [-0.2, -0.15) is 13.2 Å². The molecule has 0 aliphatic heterocycles. The molecule has 0 bridgehead atoms. The molecule has 0 aliphatic carbocycles. The van der Waals surface area contributed by atoms with Crippen molar-refractivity contribution in [3.8, 4) is 0 Å². The molecule has 0 saturated heterocycles. The Kier molecular flexibility index (Phi) is 37.5. The normalized spacial score (nSPS) is 11.4. The number of hydrogen-bond donors (Lipinski definition) is 8. The van der Waals surface area contributed by atoms with Gasteiger partial charge in [0.15, 0.2) is 0 Å². The molecule has 0 aromatic heterocycles. The number of rotatable bonds is 23. The zero-order valence-electron chi connectivity index (χ0n) is 40.2. The van der Waals surface area contributed by atoms with Crippen LogP contribution in [0, 0.1) is 18.2 Å². The lowest BCUT2D eigenvalue weighted by atomic mass is 10.0. The van der Waals surface area contributed by atoms with E-state index in [1.807, 2.05) is 0 Å². The number of amidine groups is 1. The van der Waals surface area contributed by atoms with Crippen molar-refractivity contribution in [2.75, 3.05) is 37.3 Å². The van der Waals surface area contributed by atoms with Crippen LogP contribution < -0.4 is 32.1 Å². The zero-order valence-corrected chi connectivity index (χ0v) is 40.2. The summed E-state index contributed by atoms with van der Waals surface area (Å²) in [6, 6.07) is 11.4. The monoisotopic (exact) mass is 907 g/mol. The molecule has 2 aromatic rings. The Hall–Kier alpha value is -5.35. The van der Waals surface area contributed by atoms with E-state index in [4.69, 9.17) is 15.3 Å². The number of anilines is 2. The molecule has 1 unspecified atom stereocenters. The first-order valence-corrected chi connectivity index (χ1v) is 21.8. The maximum Gasteiger partial charge on any atom is 0.490 e. The minimum atomic E-state index is -5.08. The maximum atomic E-state index is 13.4. The van der Waals surface area contributed by atoms with Gasteiger partial charge in [-0.25, -0.2) is 19.6 Å². The Morgan fingerprint density at radius 3 is 1.94 bits per heavy atom. The number of aryl methyl sites for hydroxylation is 1. The molecule has 2 rings (SSSR count). The molecular formula is C48H78F4N8O4. The fraction of sp³-hybridized carbons (Fsp3) is 0.521. The fourth-order valence-electron chi connectivity index (χ4n) is 4.94. The number of carbonyl (C=O) groups is 3. The Balaban J connectivity index is -0.000000858. The summed E-state index contributed by atoms with van der Waals surface area (Å²) >= 11 is 0. The second-order valence-corrected chi connectivity index (χ2v) is 14.6. The standard InChI is InChI=1S/C21H36N6O.C12H14FNO.C9H17N.C4H10.C2HF3O2/c1-6-11-24-18(7-2)14-25-19-8-9-20(16(3)13-19)21(27-22-5)26-17(4)10-12-23-15-28;1-8(2)14-11-5-4-10(6-9(3)15)12(13)7-11;1-4-6-9(7-10)8(3)5-2;1-3-4-2;3-2(4,5)1(6)7/h8-9,13,15,18,22,24-25H,4,6-7,10-12,14H2,1-3,5H3,(H,23,28)(H,26,27);4-5,7,14H,1,6H2,2-3H3;7,10H,4-6H2,1-3H3;3-4H2,1-2H3;(H,6,7)/b;;9-8+,10-7?;;. The molecule has 0 saturated carbocycles. The Morgan fingerprint density at radius 2 is 1.52 bits per heavy atom. The summed E-state index contributed by atoms with van der Waals surface area (Å²) in [7, 11) is 1.80. The first-order chi connectivity index (χ1) is 30.1. The van der Waals surface area contributed by atoms with Crippen molar-refractivity contribution in [2.45, 2.75) is 139 Å². The first kappa shape index (κ1) is 62.9. The van der Waals surface area contributed by atoms with E-state index in [2.05, 4.69) is 124 Å². The van der Waals surface area contributed by atoms with Crippen LogP contribution in [-0.2, 0) is 20.8 Å². The zero-order chi connectivity index (χ0) is 49.7. The number of halogens is 4. The average molecular weight is 907 g/mol. The van der Waals surface area contributed by atoms with Crippen LogP contribution in [0.4, 0.5) is 28.9 Å². The predicted octanol–water partition coefficient (Wildman–Crippen LogP) is 10.8. The fourth-order valence-corrected chi connectivity index (χ4v) is 4.94. The van der Waals surface area contributed by atoms with Crippen LogP contribution in [-0.4, -0.2) is 74.2 Å². The summed E-state index contributed by atoms with van der Waals surface area (Å²) in [5, 5.41) is 26.8. The number of carboxylic acids is 1. The van der Waals surface area contributed by atoms with Crippen molar-refractivity contribution < 1.29 is 37.1 Å². The highest BCUT2D eigenvalue weighted by Gasteiger charge is 2.38. The lowest BCUT2D eigenvalue weighted by Crippen LogP contribution is -2.36. The maximum absolute atomic E-state index is 13.4. The van der Waals surface area contributed by atoms with Gasteiger partial charge in [-0.15, -0.1) is 0 Å². The quantitative estimate of drug-likeness (QED) is 0.0134. The van der Waals surface area contributed by atoms with Gasteiger partial charge in [0.05, 0.1) is 0 Å². The van der Waals surface area contributed by atoms with Crippen LogP contribution in [0.2, 0.25) is 0 Å². The molecule has 16 heteroatoms. The van der Waals surface area contributed by atoms with E-state index in [-0.39, 0.29) is 18.0 Å². The molecule has 0 heterocycles. The van der Waals surface area contributed by atoms with Gasteiger partial charge >= 0.3 is 12.1 Å². The highest BCUT2D eigenvalue weighted by atomic mass is 19.4. The van der Waals surface area contributed by atoms with Crippen molar-refractivity contribution >= 4 is 41.6 Å². The highest BCUT2D eigenvalue weighted by molar-refractivity contribution is 6.00. The number of carbonyl (C=O) groups excluding carboxylic acids is 2. The molecule has 0 aliphatic rings. The number of alkyl halides is 3. The number of unbranched alkanes of at least 4 members (excludes halogenated alkanes) is 1. The SMILES string of the molecule is C=C(C)Nc1ccc(CC(C)=O)c(F)c1.C=C(CCNC=O)N=C(NNC)c1ccc(NCC(CC)NCCC)cc1C.CCC/C(C=N)=C(/C)CC.CCCC.O=C(O)C(F)(F)F. The molecule has 12 nitrogen and oxygen atoms in total. The van der Waals surface area contributed by atoms with E-state index in [1.54, 1.807) is 26.1 Å². The third kappa shape index (κ3) is 32.3. The number of hydrogen-bond acceptors (Lipinski definition) is 9. The molecule has 64 heavy (non-hydrogen) atoms. The second-order valence-electron chi connectivity index (χ2n) is 14.6. The van der Waals surface area contributed by atoms with Crippen molar-refractivity contribution in [1.29, 1.82) is 5.41 Å². The number of amides is 1. The van der Waals surface area contributed by atoms with E-state index < -0.39 is 12.1 Å². The van der Waals surface area contributed by atoms with Crippen LogP contribution in [0.5, 0.6) is 0 Å². The molecule has 0 spiro atoms. The molecule has 0 fully saturated rings. The molecule has 2 aromatic carbocycles. The van der Waals surface area contributed by atoms with E-state index in [9.17, 15) is 27.2 Å². The van der Waals surface area contributed by atoms with E-state index >= 15 is 0 Å². The lowest BCUT2D eigenvalue weighted by molar-refractivity contribution is -0.192. The predicted molar refractivity (Wildman–Crippen MR) is 259 cm³/mol. The third-order valence-electron chi connectivity index (χ3n) is 8.73. The van der Waals surface area contributed by atoms with Crippen LogP contribution in [0.15, 0.2) is 77.1 Å². The van der Waals surface area contributed by atoms with Gasteiger partial charge in [-0.3, -0.25) is 9.59 Å². The minimum absolute atomic E-state index is 0.0467. The topological polar surface area (TPSA) is 180 Å². The van der Waals surface area contributed by atoms with Crippen LogP contribution in [0.3, 0.4) is 0 Å². The van der Waals surface area contributed by atoms with Gasteiger partial charge in [0.2, 0.25) is 6.41 Å². The van der Waals surface area contributed by atoms with E-state index in [0.29, 0.717) is 48.2 Å². The van der Waals surface area contributed by atoms with Gasteiger partial charge < -0.3 is 37.2 Å². The highest BCUT2D eigenvalue weighted by Crippen LogP contribution is 2.18. The van der Waals surface area contributed by atoms with Gasteiger partial charge in [0.1, 0.15) is 17.4 Å². The molecule has 1 atom stereocenters. The molecule has 362 valence electrons. The van der Waals surface area contributed by atoms with Crippen molar-refractivity contribution in [1.82, 2.24) is 21.5 Å². The smallest absolute Gasteiger partial charge is 0.475 e. The lowest BCUT2D eigenvalue weighted by Gasteiger charge is -2.19. The molecular weight excluding hydrogens is 829 g/mol. The number of nitrogens with zero attached hydrogens (tertiary/aromatic N) is 1. The summed E-state index contributed by atoms with van der Waals surface area (Å²) in [6.45, 7) is 30.5. The van der Waals surface area contributed by atoms with Crippen LogP contribution in [0.1, 0.15) is 130 Å². The van der Waals surface area contributed by atoms with E-state index in [0.717, 1.165) is 67.7 Å². The van der Waals surface area contributed by atoms with Gasteiger partial charge in [0, 0.05) is 73.6 Å². The van der Waals surface area contributed by atoms with Crippen LogP contribution in [0.25, 0.3) is 0 Å². The van der Waals surface area contributed by atoms with Crippen molar-refractivity contribution in [3.63, 3.8) is 0 Å². The van der Waals surface area contributed by atoms with E-state index in [1.165, 1.54) is 43.2 Å². The Labute approximate surface area is 380 Å². The number of carboxylic acid groups (broad SMARTS) is 1. The minimum Gasteiger partial charge on any atom is -0.475 e. The van der Waals surface area contributed by atoms with Crippen molar-refractivity contribution in [2.24, 2.45) is 4.99 Å². The number of Topliss-reactive ketones (excluding diaryl/α,β-unsaturated/α-hetero) is 1. The molecule has 1 amide bonds. The Bertz CT molecular complexity index is 1740. The van der Waals surface area contributed by atoms with Gasteiger partial charge in [-0.05, 0) is 107 Å². The number of allylic oxidation sites excluding steroid dienone is 3. The summed E-state index contributed by atoms with van der Waals surface area (Å²) in [4.78, 5) is 34.7. The van der Waals surface area contributed by atoms with Crippen LogP contribution >= 0.6 is 0 Å². The summed E-state index contributed by atoms with van der Waals surface area (Å²) in [5.41, 5.74) is 14.3. The summed E-state index contributed by atoms with van der Waals surface area (Å²) in [5.74, 6) is -2.46. The first-order valence-electron chi connectivity index (χ1n) is 21.8. The number of aliphatic imine (C=N–C) groups is 1. The number of aliphatic carboxylic acids is 1. The summed E-state index contributed by atoms with van der Waals surface area (Å²) < 4.78 is 45.2. The number of ketones is 1. The number of benzene rings is 2. The molecule has 8 N–H and O–H groups in total. The van der Waals surface area contributed by atoms with Crippen molar-refractivity contribution in [3.05, 3.63) is 94.6 Å². The summed E-state index contributed by atoms with van der Waals surface area (Å²) in [6.07, 6.45) is 5.96. The number of hydrazine groups is 1.